The van der Waals surface area contributed by atoms with Gasteiger partial charge < -0.3 is 10.4 Å². The summed E-state index contributed by atoms with van der Waals surface area (Å²) in [5.41, 5.74) is 0.242. The van der Waals surface area contributed by atoms with Crippen molar-refractivity contribution in [3.8, 4) is 0 Å². The fraction of sp³-hybridized carbons (Fsp3) is 0.533. The van der Waals surface area contributed by atoms with E-state index in [0.29, 0.717) is 12.1 Å². The van der Waals surface area contributed by atoms with Crippen LogP contribution in [0.15, 0.2) is 18.3 Å². The van der Waals surface area contributed by atoms with Crippen LogP contribution >= 0.6 is 0 Å². The highest BCUT2D eigenvalue weighted by atomic mass is 16.4. The van der Waals surface area contributed by atoms with Crippen LogP contribution in [0.2, 0.25) is 0 Å². The summed E-state index contributed by atoms with van der Waals surface area (Å²) in [5, 5.41) is 11.7. The molecule has 0 bridgehead atoms. The minimum absolute atomic E-state index is 0.107. The maximum absolute atomic E-state index is 11.9. The smallest absolute Gasteiger partial charge is 0.354 e. The minimum atomic E-state index is -1.12. The zero-order valence-electron chi connectivity index (χ0n) is 11.5. The number of carboxylic acids is 1. The van der Waals surface area contributed by atoms with Gasteiger partial charge in [-0.05, 0) is 24.5 Å². The summed E-state index contributed by atoms with van der Waals surface area (Å²) in [6.07, 6.45) is 8.79. The zero-order valence-corrected chi connectivity index (χ0v) is 11.5. The lowest BCUT2D eigenvalue weighted by Crippen LogP contribution is -2.26. The van der Waals surface area contributed by atoms with Crippen LogP contribution in [-0.4, -0.2) is 28.5 Å². The number of aromatic nitrogens is 1. The van der Waals surface area contributed by atoms with Crippen LogP contribution in [0.1, 0.15) is 59.4 Å². The Morgan fingerprint density at radius 3 is 2.75 bits per heavy atom. The van der Waals surface area contributed by atoms with Crippen molar-refractivity contribution in [2.75, 3.05) is 6.54 Å². The molecule has 108 valence electrons. The van der Waals surface area contributed by atoms with Crippen molar-refractivity contribution in [1.82, 2.24) is 10.3 Å². The van der Waals surface area contributed by atoms with Crippen LogP contribution in [0.5, 0.6) is 0 Å². The average molecular weight is 276 g/mol. The molecular formula is C15H20N2O3. The third-order valence-corrected chi connectivity index (χ3v) is 3.80. The number of hydrogen-bond donors (Lipinski definition) is 2. The average Bonchev–Trinajstić information content (AvgIpc) is 2.48. The first-order chi connectivity index (χ1) is 9.66. The normalized spacial score (nSPS) is 15.8. The molecule has 2 rings (SSSR count). The van der Waals surface area contributed by atoms with E-state index in [1.165, 1.54) is 50.4 Å². The van der Waals surface area contributed by atoms with Gasteiger partial charge in [0, 0.05) is 18.3 Å². The lowest BCUT2D eigenvalue weighted by molar-refractivity contribution is 0.0690. The van der Waals surface area contributed by atoms with Crippen LogP contribution in [0.4, 0.5) is 0 Å². The molecule has 0 unspecified atom stereocenters. The van der Waals surface area contributed by atoms with Crippen LogP contribution in [0.25, 0.3) is 0 Å². The first-order valence-electron chi connectivity index (χ1n) is 7.14. The Morgan fingerprint density at radius 2 is 2.05 bits per heavy atom. The molecule has 1 amide bonds. The number of amides is 1. The standard InChI is InChI=1S/C15H20N2O3/c18-14(12-7-9-16-13(10-12)15(19)20)17-8-6-11-4-2-1-3-5-11/h7,9-11H,1-6,8H2,(H,17,18)(H,19,20). The molecule has 1 aromatic rings. The van der Waals surface area contributed by atoms with E-state index in [9.17, 15) is 9.59 Å². The second-order valence-electron chi connectivity index (χ2n) is 5.28. The van der Waals surface area contributed by atoms with Crippen molar-refractivity contribution >= 4 is 11.9 Å². The van der Waals surface area contributed by atoms with Crippen molar-refractivity contribution < 1.29 is 14.7 Å². The summed E-state index contributed by atoms with van der Waals surface area (Å²) in [6, 6.07) is 2.83. The third-order valence-electron chi connectivity index (χ3n) is 3.80. The van der Waals surface area contributed by atoms with Crippen molar-refractivity contribution in [3.63, 3.8) is 0 Å². The van der Waals surface area contributed by atoms with Gasteiger partial charge in [0.25, 0.3) is 5.91 Å². The molecule has 1 aliphatic carbocycles. The number of hydrogen-bond acceptors (Lipinski definition) is 3. The fourth-order valence-electron chi connectivity index (χ4n) is 2.66. The maximum atomic E-state index is 11.9. The van der Waals surface area contributed by atoms with Crippen molar-refractivity contribution in [2.24, 2.45) is 5.92 Å². The summed E-state index contributed by atoms with van der Waals surface area (Å²) in [7, 11) is 0. The van der Waals surface area contributed by atoms with E-state index in [-0.39, 0.29) is 11.6 Å². The van der Waals surface area contributed by atoms with Gasteiger partial charge in [-0.15, -0.1) is 0 Å². The number of rotatable bonds is 5. The third kappa shape index (κ3) is 4.05. The van der Waals surface area contributed by atoms with Gasteiger partial charge in [0.2, 0.25) is 0 Å². The lowest BCUT2D eigenvalue weighted by Gasteiger charge is -2.21. The molecule has 0 saturated heterocycles. The van der Waals surface area contributed by atoms with E-state index in [1.807, 2.05) is 0 Å². The molecule has 1 aromatic heterocycles. The quantitative estimate of drug-likeness (QED) is 0.866. The first kappa shape index (κ1) is 14.5. The zero-order chi connectivity index (χ0) is 14.4. The van der Waals surface area contributed by atoms with Gasteiger partial charge in [0.15, 0.2) is 0 Å². The van der Waals surface area contributed by atoms with Crippen LogP contribution < -0.4 is 5.32 Å². The predicted octanol–water partition coefficient (Wildman–Crippen LogP) is 2.48. The molecule has 5 heteroatoms. The largest absolute Gasteiger partial charge is 0.477 e. The SMILES string of the molecule is O=C(NCCC1CCCCC1)c1ccnc(C(=O)O)c1. The fourth-order valence-corrected chi connectivity index (χ4v) is 2.66. The predicted molar refractivity (Wildman–Crippen MR) is 74.7 cm³/mol. The molecule has 2 N–H and O–H groups in total. The van der Waals surface area contributed by atoms with E-state index in [2.05, 4.69) is 10.3 Å². The van der Waals surface area contributed by atoms with Crippen LogP contribution in [-0.2, 0) is 0 Å². The van der Waals surface area contributed by atoms with E-state index >= 15 is 0 Å². The lowest BCUT2D eigenvalue weighted by atomic mass is 9.87. The minimum Gasteiger partial charge on any atom is -0.477 e. The Kier molecular flexibility index (Phi) is 5.09. The number of nitrogens with one attached hydrogen (secondary N) is 1. The van der Waals surface area contributed by atoms with Gasteiger partial charge in [-0.2, -0.15) is 0 Å². The molecule has 20 heavy (non-hydrogen) atoms. The van der Waals surface area contributed by atoms with Gasteiger partial charge in [-0.3, -0.25) is 4.79 Å². The number of carbonyl (C=O) groups excluding carboxylic acids is 1. The van der Waals surface area contributed by atoms with Crippen molar-refractivity contribution in [3.05, 3.63) is 29.6 Å². The molecule has 5 nitrogen and oxygen atoms in total. The Morgan fingerprint density at radius 1 is 1.30 bits per heavy atom. The molecule has 1 aliphatic rings. The topological polar surface area (TPSA) is 79.3 Å². The molecule has 0 radical (unpaired) electrons. The molecule has 1 fully saturated rings. The van der Waals surface area contributed by atoms with E-state index < -0.39 is 5.97 Å². The van der Waals surface area contributed by atoms with E-state index in [1.54, 1.807) is 0 Å². The first-order valence-corrected chi connectivity index (χ1v) is 7.14. The highest BCUT2D eigenvalue weighted by Crippen LogP contribution is 2.25. The Labute approximate surface area is 118 Å². The second-order valence-corrected chi connectivity index (χ2v) is 5.28. The molecular weight excluding hydrogens is 256 g/mol. The summed E-state index contributed by atoms with van der Waals surface area (Å²) < 4.78 is 0. The number of pyridine rings is 1. The summed E-state index contributed by atoms with van der Waals surface area (Å²) in [6.45, 7) is 0.647. The van der Waals surface area contributed by atoms with Crippen LogP contribution in [0.3, 0.4) is 0 Å². The van der Waals surface area contributed by atoms with Crippen molar-refractivity contribution in [1.29, 1.82) is 0 Å². The number of carbonyl (C=O) groups is 2. The Balaban J connectivity index is 1.82. The van der Waals surface area contributed by atoms with Crippen molar-refractivity contribution in [2.45, 2.75) is 38.5 Å². The van der Waals surface area contributed by atoms with Crippen LogP contribution in [0, 0.1) is 5.92 Å². The molecule has 0 aromatic carbocycles. The summed E-state index contributed by atoms with van der Waals surface area (Å²) >= 11 is 0. The van der Waals surface area contributed by atoms with Gasteiger partial charge in [-0.1, -0.05) is 32.1 Å². The molecule has 1 saturated carbocycles. The highest BCUT2D eigenvalue weighted by Gasteiger charge is 2.14. The highest BCUT2D eigenvalue weighted by molar-refractivity contribution is 5.96. The summed E-state index contributed by atoms with van der Waals surface area (Å²) in [5.74, 6) is -0.636. The maximum Gasteiger partial charge on any atom is 0.354 e. The molecule has 1 heterocycles. The number of carboxylic acid groups (broad SMARTS) is 1. The summed E-state index contributed by atoms with van der Waals surface area (Å²) in [4.78, 5) is 26.4. The second kappa shape index (κ2) is 7.03. The Bertz CT molecular complexity index is 482. The van der Waals surface area contributed by atoms with Gasteiger partial charge in [0.05, 0.1) is 0 Å². The van der Waals surface area contributed by atoms with Gasteiger partial charge >= 0.3 is 5.97 Å². The number of nitrogens with zero attached hydrogens (tertiary/aromatic N) is 1. The van der Waals surface area contributed by atoms with E-state index in [0.717, 1.165) is 12.3 Å². The molecule has 0 atom stereocenters. The van der Waals surface area contributed by atoms with Gasteiger partial charge in [-0.25, -0.2) is 9.78 Å². The monoisotopic (exact) mass is 276 g/mol. The van der Waals surface area contributed by atoms with Gasteiger partial charge in [0.1, 0.15) is 5.69 Å². The Hall–Kier alpha value is -1.91. The molecule has 0 spiro atoms. The van der Waals surface area contributed by atoms with E-state index in [4.69, 9.17) is 5.11 Å². The number of aromatic carboxylic acids is 1. The molecule has 0 aliphatic heterocycles.